The minimum Gasteiger partial charge on any atom is -0.298 e. The van der Waals surface area contributed by atoms with Crippen molar-refractivity contribution >= 4 is 59.4 Å². The van der Waals surface area contributed by atoms with E-state index in [2.05, 4.69) is 47.8 Å². The Morgan fingerprint density at radius 2 is 1.59 bits per heavy atom. The molecule has 92 valence electrons. The van der Waals surface area contributed by atoms with E-state index in [0.717, 1.165) is 25.7 Å². The third-order valence-corrected chi connectivity index (χ3v) is 9.30. The summed E-state index contributed by atoms with van der Waals surface area (Å²) in [6, 6.07) is 0. The van der Waals surface area contributed by atoms with Crippen molar-refractivity contribution in [3.8, 4) is 0 Å². The van der Waals surface area contributed by atoms with Crippen LogP contribution in [0.2, 0.25) is 0 Å². The standard InChI is InChI=1S/C12H11Br3O2/c13-10-2-1-5-6(10)7-11(14,8(5)16)3-4-12(7,15)9(10)17/h5-7H,1-4H2/t5-,6+,7-,10+,11+,12-/m1/s1. The normalized spacial score (nSPS) is 63.6. The average Bonchev–Trinajstić information content (AvgIpc) is 2.87. The van der Waals surface area contributed by atoms with E-state index in [1.54, 1.807) is 0 Å². The molecule has 4 saturated carbocycles. The molecule has 0 amide bonds. The maximum absolute atomic E-state index is 12.7. The zero-order valence-corrected chi connectivity index (χ0v) is 13.8. The molecule has 0 spiro atoms. The number of alkyl halides is 3. The Labute approximate surface area is 125 Å². The number of carbonyl (C=O) groups excluding carboxylic acids is 2. The van der Waals surface area contributed by atoms with Gasteiger partial charge in [-0.15, -0.1) is 0 Å². The van der Waals surface area contributed by atoms with Crippen molar-refractivity contribution in [2.75, 3.05) is 0 Å². The second kappa shape index (κ2) is 2.93. The Kier molecular flexibility index (Phi) is 2.00. The van der Waals surface area contributed by atoms with Gasteiger partial charge in [-0.05, 0) is 31.6 Å². The largest absolute Gasteiger partial charge is 0.298 e. The van der Waals surface area contributed by atoms with E-state index < -0.39 is 13.0 Å². The van der Waals surface area contributed by atoms with Crippen molar-refractivity contribution in [2.45, 2.75) is 38.7 Å². The first-order valence-electron chi connectivity index (χ1n) is 6.02. The summed E-state index contributed by atoms with van der Waals surface area (Å²) in [5, 5.41) is 0. The Balaban J connectivity index is 2.00. The summed E-state index contributed by atoms with van der Waals surface area (Å²) in [6.45, 7) is 0. The van der Waals surface area contributed by atoms with E-state index in [1.165, 1.54) is 0 Å². The van der Waals surface area contributed by atoms with Crippen LogP contribution in [0.3, 0.4) is 0 Å². The SMILES string of the molecule is O=C1[C@@H]2CC[C@@]3(Br)C(=O)[C@@]4(Br)CC[C@]1(Br)[C@H]4[C@H]23. The van der Waals surface area contributed by atoms with Gasteiger partial charge in [0.1, 0.15) is 0 Å². The summed E-state index contributed by atoms with van der Waals surface area (Å²) in [6.07, 6.45) is 3.26. The summed E-state index contributed by atoms with van der Waals surface area (Å²) >= 11 is 11.1. The van der Waals surface area contributed by atoms with Crippen LogP contribution >= 0.6 is 47.8 Å². The van der Waals surface area contributed by atoms with E-state index in [-0.39, 0.29) is 23.5 Å². The molecule has 0 aliphatic heterocycles. The molecule has 2 nitrogen and oxygen atoms in total. The Morgan fingerprint density at radius 1 is 0.941 bits per heavy atom. The minimum atomic E-state index is -0.463. The first kappa shape index (κ1) is 11.6. The van der Waals surface area contributed by atoms with E-state index in [0.29, 0.717) is 5.78 Å². The monoisotopic (exact) mass is 424 g/mol. The molecule has 6 atom stereocenters. The molecular formula is C12H11Br3O2. The second-order valence-electron chi connectivity index (χ2n) is 5.93. The lowest BCUT2D eigenvalue weighted by atomic mass is 9.89. The molecule has 0 aromatic carbocycles. The fourth-order valence-electron chi connectivity index (χ4n) is 4.88. The maximum atomic E-state index is 12.7. The first-order valence-corrected chi connectivity index (χ1v) is 8.39. The van der Waals surface area contributed by atoms with E-state index in [9.17, 15) is 9.59 Å². The number of rotatable bonds is 0. The average molecular weight is 427 g/mol. The highest BCUT2D eigenvalue weighted by Crippen LogP contribution is 2.75. The quantitative estimate of drug-likeness (QED) is 0.558. The van der Waals surface area contributed by atoms with E-state index in [4.69, 9.17) is 0 Å². The number of halogens is 3. The number of hydrogen-bond acceptors (Lipinski definition) is 2. The van der Waals surface area contributed by atoms with Crippen molar-refractivity contribution in [1.29, 1.82) is 0 Å². The van der Waals surface area contributed by atoms with Crippen LogP contribution in [0.1, 0.15) is 25.7 Å². The zero-order chi connectivity index (χ0) is 12.2. The summed E-state index contributed by atoms with van der Waals surface area (Å²) in [5.74, 6) is 1.06. The van der Waals surface area contributed by atoms with Crippen LogP contribution < -0.4 is 0 Å². The highest BCUT2D eigenvalue weighted by atomic mass is 79.9. The van der Waals surface area contributed by atoms with Gasteiger partial charge in [-0.2, -0.15) is 0 Å². The molecule has 4 aliphatic rings. The van der Waals surface area contributed by atoms with Crippen molar-refractivity contribution < 1.29 is 9.59 Å². The van der Waals surface area contributed by atoms with Gasteiger partial charge in [0, 0.05) is 11.8 Å². The lowest BCUT2D eigenvalue weighted by Crippen LogP contribution is -2.39. The first-order chi connectivity index (χ1) is 7.86. The topological polar surface area (TPSA) is 34.1 Å². The molecule has 0 heterocycles. The predicted octanol–water partition coefficient (Wildman–Crippen LogP) is 2.99. The van der Waals surface area contributed by atoms with Gasteiger partial charge in [-0.25, -0.2) is 0 Å². The van der Waals surface area contributed by atoms with Crippen molar-refractivity contribution in [2.24, 2.45) is 17.8 Å². The summed E-state index contributed by atoms with van der Waals surface area (Å²) in [4.78, 5) is 25.2. The van der Waals surface area contributed by atoms with Crippen LogP contribution in [0.5, 0.6) is 0 Å². The molecule has 0 radical (unpaired) electrons. The van der Waals surface area contributed by atoms with Crippen LogP contribution in [0.25, 0.3) is 0 Å². The molecule has 17 heavy (non-hydrogen) atoms. The molecule has 0 bridgehead atoms. The zero-order valence-electron chi connectivity index (χ0n) is 9.01. The van der Waals surface area contributed by atoms with Gasteiger partial charge in [0.25, 0.3) is 0 Å². The molecule has 0 saturated heterocycles. The highest BCUT2D eigenvalue weighted by molar-refractivity contribution is 9.11. The molecule has 4 aliphatic carbocycles. The van der Waals surface area contributed by atoms with Gasteiger partial charge < -0.3 is 0 Å². The lowest BCUT2D eigenvalue weighted by molar-refractivity contribution is -0.123. The van der Waals surface area contributed by atoms with Crippen LogP contribution in [-0.2, 0) is 9.59 Å². The molecule has 0 aromatic rings. The molecule has 5 heteroatoms. The van der Waals surface area contributed by atoms with E-state index in [1.807, 2.05) is 0 Å². The van der Waals surface area contributed by atoms with Crippen LogP contribution in [0.4, 0.5) is 0 Å². The van der Waals surface area contributed by atoms with Gasteiger partial charge >= 0.3 is 0 Å². The smallest absolute Gasteiger partial charge is 0.166 e. The lowest BCUT2D eigenvalue weighted by Gasteiger charge is -2.25. The third kappa shape index (κ3) is 0.960. The van der Waals surface area contributed by atoms with E-state index >= 15 is 0 Å². The Morgan fingerprint density at radius 3 is 2.29 bits per heavy atom. The molecular weight excluding hydrogens is 416 g/mol. The number of hydrogen-bond donors (Lipinski definition) is 0. The second-order valence-corrected chi connectivity index (χ2v) is 10.2. The number of ketones is 2. The van der Waals surface area contributed by atoms with Crippen LogP contribution in [0.15, 0.2) is 0 Å². The third-order valence-electron chi connectivity index (χ3n) is 5.48. The highest BCUT2D eigenvalue weighted by Gasteiger charge is 2.82. The Bertz CT molecular complexity index is 478. The molecule has 0 aromatic heterocycles. The molecule has 0 unspecified atom stereocenters. The van der Waals surface area contributed by atoms with Gasteiger partial charge in [-0.3, -0.25) is 9.59 Å². The molecule has 4 rings (SSSR count). The number of Topliss-reactive ketones (excluding diaryl/α,β-unsaturated/α-hetero) is 2. The van der Waals surface area contributed by atoms with Crippen molar-refractivity contribution in [1.82, 2.24) is 0 Å². The summed E-state index contributed by atoms with van der Waals surface area (Å²) in [7, 11) is 0. The summed E-state index contributed by atoms with van der Waals surface area (Å²) < 4.78 is -1.33. The molecule has 4 fully saturated rings. The van der Waals surface area contributed by atoms with Gasteiger partial charge in [-0.1, -0.05) is 47.8 Å². The number of carbonyl (C=O) groups is 2. The van der Waals surface area contributed by atoms with Gasteiger partial charge in [0.15, 0.2) is 11.6 Å². The van der Waals surface area contributed by atoms with Crippen molar-refractivity contribution in [3.05, 3.63) is 0 Å². The maximum Gasteiger partial charge on any atom is 0.166 e. The Hall–Kier alpha value is 0.780. The van der Waals surface area contributed by atoms with Crippen LogP contribution in [0, 0.1) is 17.8 Å². The fourth-order valence-corrected chi connectivity index (χ4v) is 9.01. The van der Waals surface area contributed by atoms with Crippen LogP contribution in [-0.4, -0.2) is 24.5 Å². The fraction of sp³-hybridized carbons (Fsp3) is 0.833. The van der Waals surface area contributed by atoms with Gasteiger partial charge in [0.05, 0.1) is 13.0 Å². The predicted molar refractivity (Wildman–Crippen MR) is 73.9 cm³/mol. The summed E-state index contributed by atoms with van der Waals surface area (Å²) in [5.41, 5.74) is 0. The van der Waals surface area contributed by atoms with Gasteiger partial charge in [0.2, 0.25) is 0 Å². The molecule has 0 N–H and O–H groups in total. The minimum absolute atomic E-state index is 0.0856. The van der Waals surface area contributed by atoms with Crippen molar-refractivity contribution in [3.63, 3.8) is 0 Å².